The number of nitrogens with one attached hydrogen (secondary N) is 2. The first kappa shape index (κ1) is 20.9. The molecule has 0 aromatic heterocycles. The first-order chi connectivity index (χ1) is 12.5. The van der Waals surface area contributed by atoms with Crippen LogP contribution in [0, 0.1) is 5.92 Å². The molecule has 0 spiro atoms. The van der Waals surface area contributed by atoms with Gasteiger partial charge in [0.05, 0.1) is 10.5 Å². The van der Waals surface area contributed by atoms with Crippen LogP contribution in [0.1, 0.15) is 19.4 Å². The van der Waals surface area contributed by atoms with Gasteiger partial charge < -0.3 is 5.32 Å². The molecule has 2 rings (SSSR count). The average Bonchev–Trinajstić information content (AvgIpc) is 2.59. The Morgan fingerprint density at radius 1 is 1.00 bits per heavy atom. The number of carbonyl (C=O) groups is 1. The Bertz CT molecular complexity index is 898. The van der Waals surface area contributed by atoms with Crippen molar-refractivity contribution in [2.75, 3.05) is 5.32 Å². The Morgan fingerprint density at radius 2 is 1.63 bits per heavy atom. The molecule has 1 atom stereocenters. The van der Waals surface area contributed by atoms with E-state index in [1.165, 1.54) is 18.2 Å². The lowest BCUT2D eigenvalue weighted by Gasteiger charge is -2.22. The normalized spacial score (nSPS) is 13.4. The molecule has 0 radical (unpaired) electrons. The smallest absolute Gasteiger partial charge is 0.325 e. The molecule has 0 heterocycles. The number of benzene rings is 2. The molecule has 2 aromatic rings. The third-order valence-electron chi connectivity index (χ3n) is 3.74. The van der Waals surface area contributed by atoms with Crippen molar-refractivity contribution < 1.29 is 26.4 Å². The molecule has 2 N–H and O–H groups in total. The Morgan fingerprint density at radius 3 is 2.19 bits per heavy atom. The number of alkyl halides is 3. The largest absolute Gasteiger partial charge is 0.416 e. The monoisotopic (exact) mass is 400 g/mol. The van der Waals surface area contributed by atoms with Gasteiger partial charge in [0.2, 0.25) is 15.9 Å². The average molecular weight is 400 g/mol. The van der Waals surface area contributed by atoms with E-state index >= 15 is 0 Å². The maximum absolute atomic E-state index is 12.8. The number of sulfonamides is 1. The Kier molecular flexibility index (Phi) is 6.27. The molecular weight excluding hydrogens is 381 g/mol. The van der Waals surface area contributed by atoms with Gasteiger partial charge in [-0.3, -0.25) is 4.79 Å². The molecule has 146 valence electrons. The van der Waals surface area contributed by atoms with Gasteiger partial charge in [0.1, 0.15) is 6.04 Å². The van der Waals surface area contributed by atoms with Crippen LogP contribution in [0.25, 0.3) is 0 Å². The molecule has 2 aromatic carbocycles. The van der Waals surface area contributed by atoms with Gasteiger partial charge in [-0.05, 0) is 36.2 Å². The quantitative estimate of drug-likeness (QED) is 0.777. The van der Waals surface area contributed by atoms with E-state index in [0.29, 0.717) is 0 Å². The molecule has 0 saturated heterocycles. The Balaban J connectivity index is 2.21. The summed E-state index contributed by atoms with van der Waals surface area (Å²) in [5.41, 5.74) is -0.981. The van der Waals surface area contributed by atoms with Crippen molar-refractivity contribution in [3.05, 3.63) is 60.2 Å². The van der Waals surface area contributed by atoms with Crippen LogP contribution >= 0.6 is 0 Å². The summed E-state index contributed by atoms with van der Waals surface area (Å²) < 4.78 is 65.6. The van der Waals surface area contributed by atoms with Crippen molar-refractivity contribution >= 4 is 21.6 Å². The molecular formula is C18H19F3N2O3S. The summed E-state index contributed by atoms with van der Waals surface area (Å²) in [6, 6.07) is 10.5. The van der Waals surface area contributed by atoms with Crippen LogP contribution in [0.2, 0.25) is 0 Å². The summed E-state index contributed by atoms with van der Waals surface area (Å²) in [7, 11) is -3.96. The highest BCUT2D eigenvalue weighted by atomic mass is 32.2. The van der Waals surface area contributed by atoms with Crippen molar-refractivity contribution in [1.82, 2.24) is 4.72 Å². The van der Waals surface area contributed by atoms with Gasteiger partial charge >= 0.3 is 6.18 Å². The number of hydrogen-bond donors (Lipinski definition) is 2. The molecule has 0 aliphatic rings. The van der Waals surface area contributed by atoms with Crippen molar-refractivity contribution in [3.8, 4) is 0 Å². The maximum Gasteiger partial charge on any atom is 0.416 e. The predicted molar refractivity (Wildman–Crippen MR) is 95.5 cm³/mol. The van der Waals surface area contributed by atoms with E-state index in [9.17, 15) is 26.4 Å². The zero-order chi connectivity index (χ0) is 20.2. The molecule has 0 aliphatic carbocycles. The highest BCUT2D eigenvalue weighted by Crippen LogP contribution is 2.30. The fourth-order valence-electron chi connectivity index (χ4n) is 2.32. The lowest BCUT2D eigenvalue weighted by atomic mass is 10.0. The van der Waals surface area contributed by atoms with Crippen molar-refractivity contribution in [1.29, 1.82) is 0 Å². The van der Waals surface area contributed by atoms with E-state index in [1.54, 1.807) is 32.0 Å². The molecule has 0 aliphatic heterocycles. The number of amides is 1. The minimum atomic E-state index is -4.55. The standard InChI is InChI=1S/C18H19F3N2O3S/c1-12(2)16(23-27(25,26)15-9-4-3-5-10-15)17(24)22-14-8-6-7-13(11-14)18(19,20)21/h3-12,16,23H,1-2H3,(H,22,24)/t16-/m0/s1. The minimum Gasteiger partial charge on any atom is -0.325 e. The van der Waals surface area contributed by atoms with E-state index < -0.39 is 39.6 Å². The fourth-order valence-corrected chi connectivity index (χ4v) is 3.69. The van der Waals surface area contributed by atoms with Gasteiger partial charge in [-0.25, -0.2) is 8.42 Å². The maximum atomic E-state index is 12.8. The number of rotatable bonds is 6. The first-order valence-electron chi connectivity index (χ1n) is 8.06. The SMILES string of the molecule is CC(C)[C@H](NS(=O)(=O)c1ccccc1)C(=O)Nc1cccc(C(F)(F)F)c1. The lowest BCUT2D eigenvalue weighted by molar-refractivity contribution is -0.137. The number of hydrogen-bond acceptors (Lipinski definition) is 3. The second-order valence-electron chi connectivity index (χ2n) is 6.22. The summed E-state index contributed by atoms with van der Waals surface area (Å²) >= 11 is 0. The minimum absolute atomic E-state index is 0.0116. The van der Waals surface area contributed by atoms with E-state index in [2.05, 4.69) is 10.0 Å². The molecule has 0 bridgehead atoms. The van der Waals surface area contributed by atoms with Crippen LogP contribution < -0.4 is 10.0 Å². The first-order valence-corrected chi connectivity index (χ1v) is 9.54. The van der Waals surface area contributed by atoms with E-state index in [4.69, 9.17) is 0 Å². The van der Waals surface area contributed by atoms with Crippen LogP contribution in [0.15, 0.2) is 59.5 Å². The summed E-state index contributed by atoms with van der Waals surface area (Å²) in [6.45, 7) is 3.26. The van der Waals surface area contributed by atoms with E-state index in [1.807, 2.05) is 0 Å². The molecule has 0 unspecified atom stereocenters. The van der Waals surface area contributed by atoms with E-state index in [0.717, 1.165) is 18.2 Å². The van der Waals surface area contributed by atoms with Gasteiger partial charge in [-0.2, -0.15) is 17.9 Å². The van der Waals surface area contributed by atoms with Crippen LogP contribution in [0.3, 0.4) is 0 Å². The van der Waals surface area contributed by atoms with Crippen LogP contribution in [-0.2, 0) is 21.0 Å². The topological polar surface area (TPSA) is 75.3 Å². The zero-order valence-electron chi connectivity index (χ0n) is 14.6. The van der Waals surface area contributed by atoms with Crippen LogP contribution in [-0.4, -0.2) is 20.4 Å². The molecule has 5 nitrogen and oxygen atoms in total. The van der Waals surface area contributed by atoms with Crippen LogP contribution in [0.5, 0.6) is 0 Å². The predicted octanol–water partition coefficient (Wildman–Crippen LogP) is 3.65. The van der Waals surface area contributed by atoms with E-state index in [-0.39, 0.29) is 10.6 Å². The Labute approximate surface area is 155 Å². The number of halogens is 3. The molecule has 0 fully saturated rings. The highest BCUT2D eigenvalue weighted by molar-refractivity contribution is 7.89. The van der Waals surface area contributed by atoms with Gasteiger partial charge in [-0.15, -0.1) is 0 Å². The zero-order valence-corrected chi connectivity index (χ0v) is 15.4. The molecule has 1 amide bonds. The number of anilines is 1. The summed E-state index contributed by atoms with van der Waals surface area (Å²) in [6.07, 6.45) is -4.55. The number of carbonyl (C=O) groups excluding carboxylic acids is 1. The summed E-state index contributed by atoms with van der Waals surface area (Å²) in [5, 5.41) is 2.34. The van der Waals surface area contributed by atoms with Gasteiger partial charge in [0.25, 0.3) is 0 Å². The third kappa shape index (κ3) is 5.54. The van der Waals surface area contributed by atoms with Gasteiger partial charge in [0.15, 0.2) is 0 Å². The second kappa shape index (κ2) is 8.10. The fraction of sp³-hybridized carbons (Fsp3) is 0.278. The molecule has 27 heavy (non-hydrogen) atoms. The van der Waals surface area contributed by atoms with Crippen molar-refractivity contribution in [2.45, 2.75) is 31.0 Å². The highest BCUT2D eigenvalue weighted by Gasteiger charge is 2.31. The Hall–Kier alpha value is -2.39. The summed E-state index contributed by atoms with van der Waals surface area (Å²) in [5.74, 6) is -1.18. The third-order valence-corrected chi connectivity index (χ3v) is 5.20. The second-order valence-corrected chi connectivity index (χ2v) is 7.94. The molecule has 9 heteroatoms. The lowest BCUT2D eigenvalue weighted by Crippen LogP contribution is -2.47. The van der Waals surface area contributed by atoms with Crippen molar-refractivity contribution in [2.24, 2.45) is 5.92 Å². The van der Waals surface area contributed by atoms with Gasteiger partial charge in [-0.1, -0.05) is 38.1 Å². The van der Waals surface area contributed by atoms with Gasteiger partial charge in [0, 0.05) is 5.69 Å². The van der Waals surface area contributed by atoms with Crippen LogP contribution in [0.4, 0.5) is 18.9 Å². The summed E-state index contributed by atoms with van der Waals surface area (Å²) in [4.78, 5) is 12.5. The van der Waals surface area contributed by atoms with Crippen molar-refractivity contribution in [3.63, 3.8) is 0 Å². The molecule has 0 saturated carbocycles.